The van der Waals surface area contributed by atoms with Gasteiger partial charge in [-0.2, -0.15) is 0 Å². The normalized spacial score (nSPS) is 18.5. The van der Waals surface area contributed by atoms with Crippen LogP contribution in [0.2, 0.25) is 5.02 Å². The maximum Gasteiger partial charge on any atom is 0.282 e. The number of aryl methyl sites for hydroxylation is 1. The summed E-state index contributed by atoms with van der Waals surface area (Å²) in [6, 6.07) is 0.716. The van der Waals surface area contributed by atoms with Crippen LogP contribution in [0.15, 0.2) is 6.07 Å². The van der Waals surface area contributed by atoms with Crippen molar-refractivity contribution in [1.29, 1.82) is 0 Å². The Kier molecular flexibility index (Phi) is 7.86. The van der Waals surface area contributed by atoms with E-state index in [4.69, 9.17) is 21.1 Å². The molecule has 176 valence electrons. The Morgan fingerprint density at radius 3 is 2.94 bits per heavy atom. The summed E-state index contributed by atoms with van der Waals surface area (Å²) in [6.45, 7) is 1.31. The number of hydrogen-bond acceptors (Lipinski definition) is 6. The van der Waals surface area contributed by atoms with Gasteiger partial charge in [0.15, 0.2) is 11.6 Å². The fourth-order valence-electron chi connectivity index (χ4n) is 3.94. The van der Waals surface area contributed by atoms with Crippen molar-refractivity contribution in [2.75, 3.05) is 32.8 Å². The van der Waals surface area contributed by atoms with Crippen LogP contribution < -0.4 is 10.1 Å². The summed E-state index contributed by atoms with van der Waals surface area (Å²) in [6.07, 6.45) is -2.27. The summed E-state index contributed by atoms with van der Waals surface area (Å²) in [7, 11) is 1.35. The van der Waals surface area contributed by atoms with Gasteiger partial charge in [0.2, 0.25) is 5.91 Å². The third kappa shape index (κ3) is 4.80. The van der Waals surface area contributed by atoms with Crippen LogP contribution in [0.25, 0.3) is 0 Å². The van der Waals surface area contributed by atoms with Crippen LogP contribution in [0.4, 0.5) is 13.2 Å². The molecule has 1 atom stereocenters. The fraction of sp³-hybridized carbons (Fsp3) is 0.526. The number of amides is 1. The number of fused-ring (bicyclic) bond motifs is 1. The van der Waals surface area contributed by atoms with Gasteiger partial charge < -0.3 is 19.7 Å². The molecule has 1 fully saturated rings. The van der Waals surface area contributed by atoms with E-state index < -0.39 is 24.0 Å². The van der Waals surface area contributed by atoms with Crippen molar-refractivity contribution in [3.8, 4) is 5.75 Å². The maximum absolute atomic E-state index is 14.9. The minimum Gasteiger partial charge on any atom is -0.484 e. The quantitative estimate of drug-likeness (QED) is 0.663. The van der Waals surface area contributed by atoms with Gasteiger partial charge in [-0.05, 0) is 24.6 Å². The van der Waals surface area contributed by atoms with E-state index in [0.29, 0.717) is 37.2 Å². The van der Waals surface area contributed by atoms with Crippen molar-refractivity contribution in [2.24, 2.45) is 7.05 Å². The second kappa shape index (κ2) is 10.2. The number of benzene rings is 1. The predicted octanol–water partition coefficient (Wildman–Crippen LogP) is 2.59. The Morgan fingerprint density at radius 1 is 1.44 bits per heavy atom. The molecule has 0 spiro atoms. The fourth-order valence-corrected chi connectivity index (χ4v) is 4.23. The van der Waals surface area contributed by atoms with E-state index in [1.54, 1.807) is 4.90 Å². The molecule has 0 radical (unpaired) electrons. The molecule has 2 aliphatic rings. The smallest absolute Gasteiger partial charge is 0.282 e. The summed E-state index contributed by atoms with van der Waals surface area (Å²) in [4.78, 5) is 13.8. The van der Waals surface area contributed by atoms with Crippen LogP contribution in [0.1, 0.15) is 35.0 Å². The molecular weight excluding hydrogens is 474 g/mol. The number of nitrogens with one attached hydrogen (secondary N) is 1. The molecule has 0 saturated carbocycles. The average molecular weight is 496 g/mol. The summed E-state index contributed by atoms with van der Waals surface area (Å²) in [5.74, 6) is -0.970. The summed E-state index contributed by atoms with van der Waals surface area (Å²) in [5.41, 5.74) is 0.717. The molecule has 2 aromatic rings. The number of aromatic nitrogens is 3. The molecule has 13 heteroatoms. The second-order valence-corrected chi connectivity index (χ2v) is 7.75. The highest BCUT2D eigenvalue weighted by atomic mass is 35.5. The van der Waals surface area contributed by atoms with Gasteiger partial charge >= 0.3 is 0 Å². The Hall–Kier alpha value is -2.08. The molecule has 1 saturated heterocycles. The van der Waals surface area contributed by atoms with E-state index in [9.17, 15) is 18.0 Å². The van der Waals surface area contributed by atoms with Crippen molar-refractivity contribution in [3.05, 3.63) is 39.4 Å². The highest BCUT2D eigenvalue weighted by Gasteiger charge is 2.32. The molecule has 0 bridgehead atoms. The number of carbonyl (C=O) groups is 1. The minimum atomic E-state index is -2.80. The largest absolute Gasteiger partial charge is 0.484 e. The highest BCUT2D eigenvalue weighted by molar-refractivity contribution is 6.31. The van der Waals surface area contributed by atoms with Crippen LogP contribution >= 0.6 is 24.0 Å². The standard InChI is InChI=1S/C19H21ClF3N5O3.ClH/c1-27-17(19(22)23)14(25-26-27)8-31-18-12(21)6-11(20)10-2-3-24-13(16(10)18)7-28-4-5-30-9-15(28)29;/h6,13,19,24H,2-5,7-9H2,1H3;1H/t13-;/m1./s1. The topological polar surface area (TPSA) is 81.5 Å². The monoisotopic (exact) mass is 495 g/mol. The number of nitrogens with zero attached hydrogens (tertiary/aromatic N) is 4. The van der Waals surface area contributed by atoms with Gasteiger partial charge in [0.1, 0.15) is 24.6 Å². The molecule has 1 aromatic heterocycles. The molecular formula is C19H22Cl2F3N5O3. The van der Waals surface area contributed by atoms with Gasteiger partial charge in [0.25, 0.3) is 6.43 Å². The molecule has 1 N–H and O–H groups in total. The first-order chi connectivity index (χ1) is 14.9. The van der Waals surface area contributed by atoms with Crippen molar-refractivity contribution in [2.45, 2.75) is 25.5 Å². The lowest BCUT2D eigenvalue weighted by molar-refractivity contribution is -0.143. The molecule has 2 aliphatic heterocycles. The summed E-state index contributed by atoms with van der Waals surface area (Å²) >= 11 is 6.29. The summed E-state index contributed by atoms with van der Waals surface area (Å²) < 4.78 is 53.3. The first-order valence-corrected chi connectivity index (χ1v) is 10.1. The SMILES string of the molecule is Cl.Cn1nnc(COc2c(F)cc(Cl)c3c2[C@@H](CN2CCOCC2=O)NCC3)c1C(F)F. The lowest BCUT2D eigenvalue weighted by Crippen LogP contribution is -2.47. The Balaban J connectivity index is 0.00000289. The Morgan fingerprint density at radius 2 is 2.22 bits per heavy atom. The molecule has 8 nitrogen and oxygen atoms in total. The average Bonchev–Trinajstić information content (AvgIpc) is 3.10. The number of ether oxygens (including phenoxy) is 2. The number of morpholine rings is 1. The van der Waals surface area contributed by atoms with Crippen LogP contribution in [0.3, 0.4) is 0 Å². The van der Waals surface area contributed by atoms with Crippen LogP contribution in [-0.4, -0.2) is 58.6 Å². The molecule has 1 amide bonds. The molecule has 1 aromatic carbocycles. The lowest BCUT2D eigenvalue weighted by atomic mass is 9.92. The Bertz CT molecular complexity index is 992. The highest BCUT2D eigenvalue weighted by Crippen LogP contribution is 2.39. The molecule has 3 heterocycles. The van der Waals surface area contributed by atoms with E-state index in [2.05, 4.69) is 15.6 Å². The van der Waals surface area contributed by atoms with Gasteiger partial charge in [-0.15, -0.1) is 17.5 Å². The minimum absolute atomic E-state index is 0. The third-order valence-electron chi connectivity index (χ3n) is 5.43. The number of hydrogen-bond donors (Lipinski definition) is 1. The van der Waals surface area contributed by atoms with E-state index in [-0.39, 0.29) is 54.5 Å². The number of alkyl halides is 2. The van der Waals surface area contributed by atoms with Crippen LogP contribution in [-0.2, 0) is 29.6 Å². The molecule has 0 aliphatic carbocycles. The Labute approximate surface area is 193 Å². The van der Waals surface area contributed by atoms with Gasteiger partial charge in [0.05, 0.1) is 12.6 Å². The van der Waals surface area contributed by atoms with Crippen LogP contribution in [0, 0.1) is 5.82 Å². The number of carbonyl (C=O) groups excluding carboxylic acids is 1. The van der Waals surface area contributed by atoms with E-state index >= 15 is 0 Å². The van der Waals surface area contributed by atoms with Gasteiger partial charge in [0, 0.05) is 30.7 Å². The van der Waals surface area contributed by atoms with E-state index in [1.165, 1.54) is 7.05 Å². The van der Waals surface area contributed by atoms with Crippen molar-refractivity contribution in [3.63, 3.8) is 0 Å². The zero-order chi connectivity index (χ0) is 22.1. The van der Waals surface area contributed by atoms with Crippen LogP contribution in [0.5, 0.6) is 5.75 Å². The molecule has 4 rings (SSSR count). The van der Waals surface area contributed by atoms with E-state index in [0.717, 1.165) is 10.7 Å². The van der Waals surface area contributed by atoms with Gasteiger partial charge in [-0.25, -0.2) is 17.9 Å². The lowest BCUT2D eigenvalue weighted by Gasteiger charge is -2.35. The maximum atomic E-state index is 14.9. The molecule has 32 heavy (non-hydrogen) atoms. The zero-order valence-electron chi connectivity index (χ0n) is 17.1. The number of halogens is 5. The van der Waals surface area contributed by atoms with Crippen molar-refractivity contribution in [1.82, 2.24) is 25.2 Å². The third-order valence-corrected chi connectivity index (χ3v) is 5.77. The zero-order valence-corrected chi connectivity index (χ0v) is 18.7. The summed E-state index contributed by atoms with van der Waals surface area (Å²) in [5, 5.41) is 10.8. The molecule has 0 unspecified atom stereocenters. The second-order valence-electron chi connectivity index (χ2n) is 7.34. The van der Waals surface area contributed by atoms with Crippen molar-refractivity contribution >= 4 is 29.9 Å². The predicted molar refractivity (Wildman–Crippen MR) is 111 cm³/mol. The van der Waals surface area contributed by atoms with E-state index in [1.807, 2.05) is 0 Å². The first kappa shape index (κ1) is 24.6. The van der Waals surface area contributed by atoms with Gasteiger partial charge in [-0.1, -0.05) is 16.8 Å². The van der Waals surface area contributed by atoms with Gasteiger partial charge in [-0.3, -0.25) is 4.79 Å². The number of rotatable bonds is 6. The van der Waals surface area contributed by atoms with Crippen molar-refractivity contribution < 1.29 is 27.4 Å². The first-order valence-electron chi connectivity index (χ1n) is 9.76.